The van der Waals surface area contributed by atoms with Crippen LogP contribution in [0.4, 0.5) is 11.8 Å². The second-order valence-electron chi connectivity index (χ2n) is 8.24. The van der Waals surface area contributed by atoms with E-state index in [1.54, 1.807) is 26.5 Å². The maximum Gasteiger partial charge on any atom is 0.220 e. The van der Waals surface area contributed by atoms with Gasteiger partial charge in [0.2, 0.25) is 5.95 Å². The smallest absolute Gasteiger partial charge is 0.220 e. The van der Waals surface area contributed by atoms with Crippen molar-refractivity contribution in [3.05, 3.63) is 28.9 Å². The molecule has 2 aromatic heterocycles. The summed E-state index contributed by atoms with van der Waals surface area (Å²) >= 11 is 6.72. The molecule has 0 bridgehead atoms. The van der Waals surface area contributed by atoms with Gasteiger partial charge in [0.1, 0.15) is 17.0 Å². The Kier molecular flexibility index (Phi) is 6.53. The number of piperidine rings is 1. The van der Waals surface area contributed by atoms with Crippen LogP contribution in [-0.2, 0) is 0 Å². The molecule has 3 heterocycles. The summed E-state index contributed by atoms with van der Waals surface area (Å²) in [6, 6.07) is 3.70. The Bertz CT molecular complexity index is 1100. The van der Waals surface area contributed by atoms with Gasteiger partial charge in [-0.25, -0.2) is 15.0 Å². The molecule has 1 aliphatic heterocycles. The van der Waals surface area contributed by atoms with Gasteiger partial charge in [-0.05, 0) is 51.9 Å². The molecule has 8 nitrogen and oxygen atoms in total. The zero-order chi connectivity index (χ0) is 22.8. The number of nitrogens with one attached hydrogen (secondary N) is 1. The number of halogens is 1. The van der Waals surface area contributed by atoms with Crippen molar-refractivity contribution < 1.29 is 9.47 Å². The van der Waals surface area contributed by atoms with E-state index in [1.165, 1.54) is 0 Å². The number of hydrogen-bond donors (Lipinski definition) is 2. The first-order chi connectivity index (χ1) is 15.4. The molecule has 0 unspecified atom stereocenters. The Morgan fingerprint density at radius 3 is 2.56 bits per heavy atom. The average molecular weight is 457 g/mol. The Balaban J connectivity index is 1.79. The number of pyridine rings is 1. The predicted octanol–water partition coefficient (Wildman–Crippen LogP) is 4.01. The maximum atomic E-state index is 6.72. The van der Waals surface area contributed by atoms with Crippen LogP contribution in [0.3, 0.4) is 0 Å². The van der Waals surface area contributed by atoms with E-state index in [4.69, 9.17) is 31.8 Å². The van der Waals surface area contributed by atoms with E-state index in [1.807, 2.05) is 13.0 Å². The fourth-order valence-corrected chi connectivity index (χ4v) is 4.55. The number of fused-ring (bicyclic) bond motifs is 1. The van der Waals surface area contributed by atoms with Gasteiger partial charge < -0.3 is 25.4 Å². The van der Waals surface area contributed by atoms with Crippen LogP contribution in [0.25, 0.3) is 22.2 Å². The molecular weight excluding hydrogens is 428 g/mol. The van der Waals surface area contributed by atoms with Gasteiger partial charge in [0.05, 0.1) is 24.9 Å². The summed E-state index contributed by atoms with van der Waals surface area (Å²) in [7, 11) is 5.37. The highest BCUT2D eigenvalue weighted by Crippen LogP contribution is 2.43. The first-order valence-electron chi connectivity index (χ1n) is 10.7. The number of nitrogens with zero attached hydrogens (tertiary/aromatic N) is 4. The summed E-state index contributed by atoms with van der Waals surface area (Å²) in [6.45, 7) is 4.98. The molecule has 3 N–H and O–H groups in total. The van der Waals surface area contributed by atoms with Crippen molar-refractivity contribution in [3.8, 4) is 22.8 Å². The monoisotopic (exact) mass is 456 g/mol. The van der Waals surface area contributed by atoms with Gasteiger partial charge in [0.15, 0.2) is 5.82 Å². The number of benzene rings is 1. The molecule has 0 amide bonds. The van der Waals surface area contributed by atoms with Crippen LogP contribution in [0.2, 0.25) is 5.02 Å². The van der Waals surface area contributed by atoms with E-state index < -0.39 is 0 Å². The van der Waals surface area contributed by atoms with Crippen molar-refractivity contribution >= 4 is 34.3 Å². The van der Waals surface area contributed by atoms with Gasteiger partial charge in [-0.1, -0.05) is 11.6 Å². The zero-order valence-electron chi connectivity index (χ0n) is 18.9. The SMILES string of the molecule is COc1cc(OC)c(Cl)c(-c2cc3cnc(N)nc3c(NCC3CCN(C)CC3)n2)c1C. The fourth-order valence-electron chi connectivity index (χ4n) is 4.18. The van der Waals surface area contributed by atoms with Gasteiger partial charge in [0.25, 0.3) is 0 Å². The number of hydrogen-bond acceptors (Lipinski definition) is 8. The van der Waals surface area contributed by atoms with Crippen LogP contribution >= 0.6 is 11.6 Å². The summed E-state index contributed by atoms with van der Waals surface area (Å²) in [4.78, 5) is 15.9. The third kappa shape index (κ3) is 4.38. The average Bonchev–Trinajstić information content (AvgIpc) is 2.79. The van der Waals surface area contributed by atoms with E-state index in [-0.39, 0.29) is 5.95 Å². The third-order valence-corrected chi connectivity index (χ3v) is 6.49. The lowest BCUT2D eigenvalue weighted by molar-refractivity contribution is 0.226. The van der Waals surface area contributed by atoms with Gasteiger partial charge in [0, 0.05) is 35.3 Å². The van der Waals surface area contributed by atoms with Gasteiger partial charge in [-0.3, -0.25) is 0 Å². The molecule has 3 aromatic rings. The number of likely N-dealkylation sites (tertiary alicyclic amines) is 1. The zero-order valence-corrected chi connectivity index (χ0v) is 19.7. The summed E-state index contributed by atoms with van der Waals surface area (Å²) in [6.07, 6.45) is 4.01. The Hall–Kier alpha value is -2.84. The molecule has 170 valence electrons. The Labute approximate surface area is 193 Å². The molecule has 1 saturated heterocycles. The highest BCUT2D eigenvalue weighted by molar-refractivity contribution is 6.35. The molecule has 1 fully saturated rings. The Morgan fingerprint density at radius 1 is 1.16 bits per heavy atom. The number of nitrogens with two attached hydrogens (primary N) is 1. The predicted molar refractivity (Wildman–Crippen MR) is 129 cm³/mol. The summed E-state index contributed by atoms with van der Waals surface area (Å²) < 4.78 is 11.0. The van der Waals surface area contributed by atoms with E-state index >= 15 is 0 Å². The minimum absolute atomic E-state index is 0.214. The van der Waals surface area contributed by atoms with Gasteiger partial charge in [-0.2, -0.15) is 0 Å². The van der Waals surface area contributed by atoms with Crippen LogP contribution in [-0.4, -0.2) is 60.8 Å². The minimum atomic E-state index is 0.214. The van der Waals surface area contributed by atoms with E-state index in [0.717, 1.165) is 49.0 Å². The lowest BCUT2D eigenvalue weighted by Gasteiger charge is -2.29. The second kappa shape index (κ2) is 9.34. The van der Waals surface area contributed by atoms with Crippen molar-refractivity contribution in [2.75, 3.05) is 52.0 Å². The molecule has 0 radical (unpaired) electrons. The third-order valence-electron chi connectivity index (χ3n) is 6.12. The number of nitrogen functional groups attached to an aromatic ring is 1. The fraction of sp³-hybridized carbons (Fsp3) is 0.435. The molecule has 1 aliphatic rings. The topological polar surface area (TPSA) is 98.4 Å². The van der Waals surface area contributed by atoms with Crippen LogP contribution in [0.15, 0.2) is 18.3 Å². The molecule has 4 rings (SSSR count). The van der Waals surface area contributed by atoms with Crippen LogP contribution in [0.5, 0.6) is 11.5 Å². The first-order valence-corrected chi connectivity index (χ1v) is 11.1. The van der Waals surface area contributed by atoms with Crippen molar-refractivity contribution in [2.24, 2.45) is 5.92 Å². The van der Waals surface area contributed by atoms with Crippen molar-refractivity contribution in [1.82, 2.24) is 19.9 Å². The van der Waals surface area contributed by atoms with Crippen LogP contribution in [0, 0.1) is 12.8 Å². The molecule has 1 aromatic carbocycles. The van der Waals surface area contributed by atoms with Gasteiger partial charge in [-0.15, -0.1) is 0 Å². The molecule has 9 heteroatoms. The molecule has 32 heavy (non-hydrogen) atoms. The van der Waals surface area contributed by atoms with Crippen LogP contribution < -0.4 is 20.5 Å². The number of anilines is 2. The highest BCUT2D eigenvalue weighted by Gasteiger charge is 2.21. The maximum absolute atomic E-state index is 6.72. The molecular formula is C23H29ClN6O2. The van der Waals surface area contributed by atoms with Crippen molar-refractivity contribution in [3.63, 3.8) is 0 Å². The largest absolute Gasteiger partial charge is 0.496 e. The lowest BCUT2D eigenvalue weighted by Crippen LogP contribution is -2.33. The Morgan fingerprint density at radius 2 is 1.88 bits per heavy atom. The number of rotatable bonds is 6. The van der Waals surface area contributed by atoms with Crippen LogP contribution in [0.1, 0.15) is 18.4 Å². The number of ether oxygens (including phenoxy) is 2. The highest BCUT2D eigenvalue weighted by atomic mass is 35.5. The van der Waals surface area contributed by atoms with Crippen molar-refractivity contribution in [1.29, 1.82) is 0 Å². The van der Waals surface area contributed by atoms with Crippen molar-refractivity contribution in [2.45, 2.75) is 19.8 Å². The molecule has 0 aliphatic carbocycles. The van der Waals surface area contributed by atoms with E-state index in [9.17, 15) is 0 Å². The van der Waals surface area contributed by atoms with E-state index in [2.05, 4.69) is 27.2 Å². The standard InChI is InChI=1S/C23H29ClN6O2/c1-13-17(31-3)10-18(32-4)20(24)19(13)16-9-15-12-27-23(25)29-21(15)22(28-16)26-11-14-5-7-30(2)8-6-14/h9-10,12,14H,5-8,11H2,1-4H3,(H,26,28)(H2,25,27,29). The number of methoxy groups -OCH3 is 2. The lowest BCUT2D eigenvalue weighted by atomic mass is 9.97. The first kappa shape index (κ1) is 22.4. The minimum Gasteiger partial charge on any atom is -0.496 e. The second-order valence-corrected chi connectivity index (χ2v) is 8.62. The summed E-state index contributed by atoms with van der Waals surface area (Å²) in [5, 5.41) is 4.83. The summed E-state index contributed by atoms with van der Waals surface area (Å²) in [5.74, 6) is 2.67. The molecule has 0 atom stereocenters. The normalized spacial score (nSPS) is 15.2. The van der Waals surface area contributed by atoms with E-state index in [0.29, 0.717) is 39.5 Å². The van der Waals surface area contributed by atoms with Gasteiger partial charge >= 0.3 is 0 Å². The summed E-state index contributed by atoms with van der Waals surface area (Å²) in [5.41, 5.74) is 8.90. The molecule has 0 saturated carbocycles. The quantitative estimate of drug-likeness (QED) is 0.574. The molecule has 0 spiro atoms. The number of aromatic nitrogens is 3.